The number of carbonyl (C=O) groups is 1. The van der Waals surface area contributed by atoms with Crippen molar-refractivity contribution in [1.29, 1.82) is 0 Å². The normalized spacial score (nSPS) is 20.6. The summed E-state index contributed by atoms with van der Waals surface area (Å²) >= 11 is 6.42. The Kier molecular flexibility index (Phi) is 3.36. The van der Waals surface area contributed by atoms with Crippen molar-refractivity contribution < 1.29 is 4.79 Å². The maximum Gasteiger partial charge on any atom is 0.269 e. The predicted molar refractivity (Wildman–Crippen MR) is 80.9 cm³/mol. The average Bonchev–Trinajstić information content (AvgIpc) is 2.74. The van der Waals surface area contributed by atoms with E-state index in [-0.39, 0.29) is 17.3 Å². The van der Waals surface area contributed by atoms with Gasteiger partial charge in [-0.3, -0.25) is 15.2 Å². The highest BCUT2D eigenvalue weighted by molar-refractivity contribution is 6.22. The molecular formula is C16H15ClN2O. The van der Waals surface area contributed by atoms with E-state index in [4.69, 9.17) is 11.6 Å². The van der Waals surface area contributed by atoms with Crippen molar-refractivity contribution in [2.75, 3.05) is 5.01 Å². The van der Waals surface area contributed by atoms with Crippen LogP contribution in [0, 0.1) is 0 Å². The van der Waals surface area contributed by atoms with Crippen molar-refractivity contribution in [1.82, 2.24) is 5.43 Å². The Morgan fingerprint density at radius 2 is 1.75 bits per heavy atom. The molecule has 2 unspecified atom stereocenters. The smallest absolute Gasteiger partial charge is 0.269 e. The topological polar surface area (TPSA) is 32.3 Å². The summed E-state index contributed by atoms with van der Waals surface area (Å²) in [5.74, 6) is -0.127. The Hall–Kier alpha value is -2.00. The number of benzene rings is 2. The number of nitrogens with one attached hydrogen (secondary N) is 1. The molecule has 2 aromatic carbocycles. The van der Waals surface area contributed by atoms with E-state index in [1.54, 1.807) is 12.1 Å². The minimum atomic E-state index is -0.127. The number of para-hydroxylation sites is 1. The fourth-order valence-corrected chi connectivity index (χ4v) is 2.77. The SMILES string of the molecule is CC1C(Cl)c2ccccc2N1NC(=O)c1ccccc1. The van der Waals surface area contributed by atoms with E-state index in [0.29, 0.717) is 5.56 Å². The number of amides is 1. The molecule has 1 N–H and O–H groups in total. The van der Waals surface area contributed by atoms with Crippen LogP contribution in [0.15, 0.2) is 54.6 Å². The molecule has 0 aliphatic carbocycles. The second kappa shape index (κ2) is 5.17. The second-order valence-electron chi connectivity index (χ2n) is 4.88. The fraction of sp³-hybridized carbons (Fsp3) is 0.188. The van der Waals surface area contributed by atoms with Crippen LogP contribution in [-0.2, 0) is 0 Å². The Labute approximate surface area is 123 Å². The summed E-state index contributed by atoms with van der Waals surface area (Å²) < 4.78 is 0. The molecule has 3 rings (SSSR count). The minimum Gasteiger partial charge on any atom is -0.280 e. The van der Waals surface area contributed by atoms with Gasteiger partial charge in [0.15, 0.2) is 0 Å². The zero-order valence-corrected chi connectivity index (χ0v) is 11.8. The molecule has 1 amide bonds. The number of rotatable bonds is 2. The van der Waals surface area contributed by atoms with Gasteiger partial charge in [-0.05, 0) is 30.7 Å². The number of anilines is 1. The van der Waals surface area contributed by atoms with E-state index >= 15 is 0 Å². The van der Waals surface area contributed by atoms with Gasteiger partial charge in [0, 0.05) is 5.56 Å². The Bertz CT molecular complexity index is 629. The van der Waals surface area contributed by atoms with E-state index < -0.39 is 0 Å². The van der Waals surface area contributed by atoms with Crippen LogP contribution < -0.4 is 10.4 Å². The second-order valence-corrected chi connectivity index (χ2v) is 5.35. The lowest BCUT2D eigenvalue weighted by Crippen LogP contribution is -2.46. The first kappa shape index (κ1) is 13.0. The lowest BCUT2D eigenvalue weighted by molar-refractivity contribution is 0.0946. The van der Waals surface area contributed by atoms with Crippen LogP contribution in [0.4, 0.5) is 5.69 Å². The molecule has 2 aromatic rings. The first-order valence-electron chi connectivity index (χ1n) is 6.57. The van der Waals surface area contributed by atoms with E-state index in [2.05, 4.69) is 5.43 Å². The Morgan fingerprint density at radius 3 is 2.50 bits per heavy atom. The molecule has 0 saturated heterocycles. The standard InChI is InChI=1S/C16H15ClN2O/c1-11-15(17)13-9-5-6-10-14(13)19(11)18-16(20)12-7-3-2-4-8-12/h2-11,15H,1H3,(H,18,20). The zero-order chi connectivity index (χ0) is 14.1. The number of carbonyl (C=O) groups excluding carboxylic acids is 1. The molecule has 1 aliphatic rings. The molecule has 0 radical (unpaired) electrons. The molecule has 4 heteroatoms. The molecule has 0 fully saturated rings. The van der Waals surface area contributed by atoms with Gasteiger partial charge in [-0.25, -0.2) is 0 Å². The summed E-state index contributed by atoms with van der Waals surface area (Å²) in [6, 6.07) is 17.1. The first-order chi connectivity index (χ1) is 9.68. The lowest BCUT2D eigenvalue weighted by Gasteiger charge is -2.26. The summed E-state index contributed by atoms with van der Waals surface area (Å²) in [6.45, 7) is 2.00. The van der Waals surface area contributed by atoms with Gasteiger partial charge < -0.3 is 0 Å². The molecule has 3 nitrogen and oxygen atoms in total. The van der Waals surface area contributed by atoms with Crippen molar-refractivity contribution in [2.45, 2.75) is 18.3 Å². The highest BCUT2D eigenvalue weighted by Crippen LogP contribution is 2.41. The van der Waals surface area contributed by atoms with Crippen molar-refractivity contribution >= 4 is 23.2 Å². The predicted octanol–water partition coefficient (Wildman–Crippen LogP) is 3.52. The summed E-state index contributed by atoms with van der Waals surface area (Å²) in [5, 5.41) is 1.73. The van der Waals surface area contributed by atoms with Gasteiger partial charge in [-0.1, -0.05) is 36.4 Å². The number of alkyl halides is 1. The maximum atomic E-state index is 12.3. The number of hydrogen-bond acceptors (Lipinski definition) is 2. The van der Waals surface area contributed by atoms with Crippen LogP contribution in [0.3, 0.4) is 0 Å². The minimum absolute atomic E-state index is 0.0155. The van der Waals surface area contributed by atoms with Gasteiger partial charge in [-0.2, -0.15) is 0 Å². The van der Waals surface area contributed by atoms with Gasteiger partial charge in [0.05, 0.1) is 17.1 Å². The van der Waals surface area contributed by atoms with Gasteiger partial charge in [0.2, 0.25) is 0 Å². The van der Waals surface area contributed by atoms with E-state index in [0.717, 1.165) is 11.3 Å². The number of hydrazine groups is 1. The monoisotopic (exact) mass is 286 g/mol. The summed E-state index contributed by atoms with van der Waals surface area (Å²) in [7, 11) is 0. The molecule has 0 aromatic heterocycles. The van der Waals surface area contributed by atoms with Gasteiger partial charge in [0.25, 0.3) is 5.91 Å². The maximum absolute atomic E-state index is 12.3. The summed E-state index contributed by atoms with van der Waals surface area (Å²) in [6.07, 6.45) is 0. The Morgan fingerprint density at radius 1 is 1.10 bits per heavy atom. The average molecular weight is 287 g/mol. The molecule has 0 spiro atoms. The van der Waals surface area contributed by atoms with Crippen LogP contribution in [0.2, 0.25) is 0 Å². The molecule has 1 aliphatic heterocycles. The summed E-state index contributed by atoms with van der Waals surface area (Å²) in [5.41, 5.74) is 5.59. The van der Waals surface area contributed by atoms with Crippen LogP contribution in [0.25, 0.3) is 0 Å². The van der Waals surface area contributed by atoms with Gasteiger partial charge >= 0.3 is 0 Å². The molecule has 1 heterocycles. The van der Waals surface area contributed by atoms with Gasteiger partial charge in [-0.15, -0.1) is 11.6 Å². The van der Waals surface area contributed by atoms with Gasteiger partial charge in [0.1, 0.15) is 0 Å². The lowest BCUT2D eigenvalue weighted by atomic mass is 10.1. The zero-order valence-electron chi connectivity index (χ0n) is 11.1. The number of hydrogen-bond donors (Lipinski definition) is 1. The third-order valence-electron chi connectivity index (χ3n) is 3.58. The van der Waals surface area contributed by atoms with Crippen molar-refractivity contribution in [3.63, 3.8) is 0 Å². The fourth-order valence-electron chi connectivity index (χ4n) is 2.48. The number of nitrogens with zero attached hydrogens (tertiary/aromatic N) is 1. The molecule has 0 saturated carbocycles. The molecular weight excluding hydrogens is 272 g/mol. The van der Waals surface area contributed by atoms with E-state index in [1.165, 1.54) is 0 Å². The molecule has 2 atom stereocenters. The van der Waals surface area contributed by atoms with Crippen LogP contribution >= 0.6 is 11.6 Å². The van der Waals surface area contributed by atoms with Crippen molar-refractivity contribution in [3.05, 3.63) is 65.7 Å². The van der Waals surface area contributed by atoms with Crippen LogP contribution in [0.5, 0.6) is 0 Å². The van der Waals surface area contributed by atoms with Crippen molar-refractivity contribution in [3.8, 4) is 0 Å². The van der Waals surface area contributed by atoms with E-state index in [9.17, 15) is 4.79 Å². The number of halogens is 1. The highest BCUT2D eigenvalue weighted by Gasteiger charge is 2.35. The quantitative estimate of drug-likeness (QED) is 0.857. The van der Waals surface area contributed by atoms with E-state index in [1.807, 2.05) is 54.4 Å². The summed E-state index contributed by atoms with van der Waals surface area (Å²) in [4.78, 5) is 12.3. The highest BCUT2D eigenvalue weighted by atomic mass is 35.5. The van der Waals surface area contributed by atoms with Crippen LogP contribution in [0.1, 0.15) is 28.2 Å². The molecule has 0 bridgehead atoms. The van der Waals surface area contributed by atoms with Crippen LogP contribution in [-0.4, -0.2) is 11.9 Å². The molecule has 20 heavy (non-hydrogen) atoms. The largest absolute Gasteiger partial charge is 0.280 e. The Balaban J connectivity index is 1.87. The first-order valence-corrected chi connectivity index (χ1v) is 7.00. The third kappa shape index (κ3) is 2.14. The van der Waals surface area contributed by atoms with Crippen molar-refractivity contribution in [2.24, 2.45) is 0 Å². The molecule has 102 valence electrons. The number of fused-ring (bicyclic) bond motifs is 1. The third-order valence-corrected chi connectivity index (χ3v) is 4.18.